The monoisotopic (exact) mass is 688 g/mol. The van der Waals surface area contributed by atoms with E-state index < -0.39 is 0 Å². The molecule has 0 spiro atoms. The van der Waals surface area contributed by atoms with Gasteiger partial charge in [-0.1, -0.05) is 144 Å². The van der Waals surface area contributed by atoms with Crippen LogP contribution in [0.2, 0.25) is 0 Å². The van der Waals surface area contributed by atoms with E-state index in [0.717, 1.165) is 33.7 Å². The lowest BCUT2D eigenvalue weighted by Crippen LogP contribution is -2.42. The average molecular weight is 689 g/mol. The van der Waals surface area contributed by atoms with Crippen LogP contribution in [0.1, 0.15) is 105 Å². The first kappa shape index (κ1) is 35.5. The van der Waals surface area contributed by atoms with E-state index >= 15 is 0 Å². The molecule has 52 heavy (non-hydrogen) atoms. The van der Waals surface area contributed by atoms with Crippen LogP contribution in [0, 0.1) is 5.41 Å². The molecule has 6 aromatic rings. The third-order valence-electron chi connectivity index (χ3n) is 12.3. The number of fused-ring (bicyclic) bond motifs is 1. The molecule has 1 aliphatic carbocycles. The highest BCUT2D eigenvalue weighted by Crippen LogP contribution is 2.61. The van der Waals surface area contributed by atoms with Crippen LogP contribution in [0.15, 0.2) is 102 Å². The van der Waals surface area contributed by atoms with E-state index in [1.54, 1.807) is 0 Å². The molecule has 3 heterocycles. The summed E-state index contributed by atoms with van der Waals surface area (Å²) in [6.45, 7) is 27.6. The molecule has 0 radical (unpaired) electrons. The number of rotatable bonds is 5. The summed E-state index contributed by atoms with van der Waals surface area (Å²) in [4.78, 5) is 19.7. The summed E-state index contributed by atoms with van der Waals surface area (Å²) in [5, 5.41) is 0. The minimum absolute atomic E-state index is 0.0148. The van der Waals surface area contributed by atoms with Gasteiger partial charge >= 0.3 is 0 Å². The fourth-order valence-corrected chi connectivity index (χ4v) is 7.56. The topological polar surface area (TPSA) is 64.7 Å². The van der Waals surface area contributed by atoms with Crippen molar-refractivity contribution in [3.8, 4) is 56.9 Å². The van der Waals surface area contributed by atoms with E-state index in [0.29, 0.717) is 23.2 Å². The lowest BCUT2D eigenvalue weighted by atomic mass is 9.59. The number of nitrogens with zero attached hydrogens (tertiary/aromatic N) is 4. The molecule has 3 aromatic heterocycles. The van der Waals surface area contributed by atoms with Gasteiger partial charge in [-0.3, -0.25) is 4.98 Å². The number of furan rings is 1. The summed E-state index contributed by atoms with van der Waals surface area (Å²) >= 11 is 0. The third kappa shape index (κ3) is 5.98. The zero-order valence-electron chi connectivity index (χ0n) is 32.9. The van der Waals surface area contributed by atoms with E-state index in [9.17, 15) is 0 Å². The molecule has 0 saturated carbocycles. The Morgan fingerprint density at radius 3 is 1.48 bits per heavy atom. The van der Waals surface area contributed by atoms with Crippen LogP contribution < -0.4 is 0 Å². The smallest absolute Gasteiger partial charge is 0.199 e. The molecular weight excluding hydrogens is 637 g/mol. The van der Waals surface area contributed by atoms with Gasteiger partial charge < -0.3 is 4.42 Å². The van der Waals surface area contributed by atoms with Gasteiger partial charge in [0.15, 0.2) is 23.2 Å². The molecule has 1 aliphatic rings. The number of pyridine rings is 1. The number of benzene rings is 3. The quantitative estimate of drug-likeness (QED) is 0.180. The van der Waals surface area contributed by atoms with Crippen LogP contribution in [0.5, 0.6) is 0 Å². The van der Waals surface area contributed by atoms with Crippen LogP contribution in [0.3, 0.4) is 0 Å². The Bertz CT molecular complexity index is 2200. The second kappa shape index (κ2) is 12.1. The molecule has 0 bridgehead atoms. The summed E-state index contributed by atoms with van der Waals surface area (Å²) in [5.41, 5.74) is 10.4. The summed E-state index contributed by atoms with van der Waals surface area (Å²) in [5.74, 6) is 3.02. The van der Waals surface area contributed by atoms with E-state index in [1.807, 2.05) is 24.4 Å². The molecule has 0 atom stereocenters. The normalized spacial score (nSPS) is 16.2. The van der Waals surface area contributed by atoms with Crippen molar-refractivity contribution in [1.82, 2.24) is 19.9 Å². The van der Waals surface area contributed by atoms with Crippen molar-refractivity contribution < 1.29 is 4.42 Å². The maximum atomic E-state index is 6.54. The Kier molecular flexibility index (Phi) is 8.25. The number of hydrogen-bond acceptors (Lipinski definition) is 5. The SMILES string of the molecule is CC(C)(C)c1ccc(-c2nc(-c3ccc(C(C)(C)C)cc3)nc(-c3ccc(-c4ccnc(-c5ccc6c(c5)C(C)(C)C(C)(C)C6(C)C)c4)o3)n2)cc1. The number of aromatic nitrogens is 4. The van der Waals surface area contributed by atoms with Gasteiger partial charge in [0.2, 0.25) is 0 Å². The summed E-state index contributed by atoms with van der Waals surface area (Å²) in [6, 6.07) is 31.9. The minimum Gasteiger partial charge on any atom is -0.453 e. The molecule has 0 fully saturated rings. The van der Waals surface area contributed by atoms with Crippen LogP contribution in [0.25, 0.3) is 56.9 Å². The first-order chi connectivity index (χ1) is 24.3. The second-order valence-corrected chi connectivity index (χ2v) is 18.2. The van der Waals surface area contributed by atoms with Gasteiger partial charge in [-0.2, -0.15) is 0 Å². The summed E-state index contributed by atoms with van der Waals surface area (Å²) < 4.78 is 6.54. The molecule has 0 aliphatic heterocycles. The molecule has 0 amide bonds. The van der Waals surface area contributed by atoms with Crippen LogP contribution in [-0.2, 0) is 21.7 Å². The first-order valence-corrected chi connectivity index (χ1v) is 18.5. The maximum Gasteiger partial charge on any atom is 0.199 e. The van der Waals surface area contributed by atoms with E-state index in [1.165, 1.54) is 22.3 Å². The third-order valence-corrected chi connectivity index (χ3v) is 12.3. The van der Waals surface area contributed by atoms with Crippen LogP contribution in [0.4, 0.5) is 0 Å². The molecule has 7 rings (SSSR count). The van der Waals surface area contributed by atoms with Gasteiger partial charge in [-0.15, -0.1) is 0 Å². The lowest BCUT2D eigenvalue weighted by Gasteiger charge is -2.44. The Morgan fingerprint density at radius 2 is 0.942 bits per heavy atom. The molecule has 0 unspecified atom stereocenters. The standard InChI is InChI=1S/C47H52N4O/c1-43(2,3)33-18-13-29(14-19-33)40-49-41(30-15-20-34(21-16-30)44(4,5)6)51-42(50-40)39-24-23-38(52-39)32-25-26-48-37(28-32)31-17-22-35-36(27-31)46(9,10)47(11,12)45(35,7)8/h13-28H,1-12H3. The van der Waals surface area contributed by atoms with Crippen molar-refractivity contribution in [3.05, 3.63) is 119 Å². The maximum absolute atomic E-state index is 6.54. The van der Waals surface area contributed by atoms with E-state index in [-0.39, 0.29) is 27.1 Å². The zero-order chi connectivity index (χ0) is 37.4. The molecule has 3 aromatic carbocycles. The molecule has 266 valence electrons. The fourth-order valence-electron chi connectivity index (χ4n) is 7.56. The summed E-state index contributed by atoms with van der Waals surface area (Å²) in [7, 11) is 0. The van der Waals surface area contributed by atoms with Gasteiger partial charge in [0.1, 0.15) is 5.76 Å². The molecule has 0 saturated heterocycles. The van der Waals surface area contributed by atoms with E-state index in [2.05, 4.69) is 156 Å². The minimum atomic E-state index is 0.0148. The van der Waals surface area contributed by atoms with Crippen molar-refractivity contribution in [2.45, 2.75) is 105 Å². The Hall–Kier alpha value is -4.90. The largest absolute Gasteiger partial charge is 0.453 e. The average Bonchev–Trinajstić information content (AvgIpc) is 3.64. The van der Waals surface area contributed by atoms with Gasteiger partial charge in [-0.25, -0.2) is 15.0 Å². The molecule has 0 N–H and O–H groups in total. The Labute approximate surface area is 310 Å². The van der Waals surface area contributed by atoms with Gasteiger partial charge in [0.05, 0.1) is 5.69 Å². The van der Waals surface area contributed by atoms with Crippen molar-refractivity contribution in [2.75, 3.05) is 0 Å². The van der Waals surface area contributed by atoms with Crippen LogP contribution in [-0.4, -0.2) is 19.9 Å². The van der Waals surface area contributed by atoms with Crippen molar-refractivity contribution in [1.29, 1.82) is 0 Å². The van der Waals surface area contributed by atoms with Crippen molar-refractivity contribution >= 4 is 0 Å². The highest BCUT2D eigenvalue weighted by molar-refractivity contribution is 5.72. The lowest BCUT2D eigenvalue weighted by molar-refractivity contribution is 0.125. The van der Waals surface area contributed by atoms with Gasteiger partial charge in [-0.05, 0) is 79.7 Å². The Balaban J connectivity index is 1.26. The fraction of sp³-hybridized carbons (Fsp3) is 0.362. The van der Waals surface area contributed by atoms with Gasteiger partial charge in [0, 0.05) is 28.5 Å². The van der Waals surface area contributed by atoms with Crippen molar-refractivity contribution in [3.63, 3.8) is 0 Å². The molecule has 5 heteroatoms. The second-order valence-electron chi connectivity index (χ2n) is 18.2. The predicted octanol–water partition coefficient (Wildman–Crippen LogP) is 12.4. The highest BCUT2D eigenvalue weighted by Gasteiger charge is 2.56. The summed E-state index contributed by atoms with van der Waals surface area (Å²) in [6.07, 6.45) is 1.86. The Morgan fingerprint density at radius 1 is 0.462 bits per heavy atom. The predicted molar refractivity (Wildman–Crippen MR) is 214 cm³/mol. The van der Waals surface area contributed by atoms with Crippen LogP contribution >= 0.6 is 0 Å². The number of hydrogen-bond donors (Lipinski definition) is 0. The van der Waals surface area contributed by atoms with Gasteiger partial charge in [0.25, 0.3) is 0 Å². The van der Waals surface area contributed by atoms with Crippen molar-refractivity contribution in [2.24, 2.45) is 5.41 Å². The molecule has 5 nitrogen and oxygen atoms in total. The van der Waals surface area contributed by atoms with E-state index in [4.69, 9.17) is 24.4 Å². The first-order valence-electron chi connectivity index (χ1n) is 18.5. The molecular formula is C47H52N4O. The highest BCUT2D eigenvalue weighted by atomic mass is 16.3. The zero-order valence-corrected chi connectivity index (χ0v) is 32.9.